The second-order valence-corrected chi connectivity index (χ2v) is 5.63. The quantitative estimate of drug-likeness (QED) is 0.832. The lowest BCUT2D eigenvalue weighted by atomic mass is 10.3. The van der Waals surface area contributed by atoms with Crippen molar-refractivity contribution < 1.29 is 4.79 Å². The second-order valence-electron chi connectivity index (χ2n) is 3.46. The van der Waals surface area contributed by atoms with Gasteiger partial charge in [0.15, 0.2) is 10.3 Å². The SMILES string of the molecule is N#Cc1sc(NC(=O)Nc2ccc(Cl)c(Cl)c2)nc1Cl. The smallest absolute Gasteiger partial charge is 0.308 e. The predicted molar refractivity (Wildman–Crippen MR) is 80.9 cm³/mol. The summed E-state index contributed by atoms with van der Waals surface area (Å²) in [6, 6.07) is 6.02. The van der Waals surface area contributed by atoms with Gasteiger partial charge in [0, 0.05) is 5.69 Å². The average Bonchev–Trinajstić information content (AvgIpc) is 2.73. The minimum absolute atomic E-state index is 0.0577. The molecule has 0 radical (unpaired) electrons. The number of thiazole rings is 1. The molecular weight excluding hydrogens is 343 g/mol. The standard InChI is InChI=1S/C11H5Cl3N4OS/c12-6-2-1-5(3-7(6)13)16-10(19)18-11-17-9(14)8(4-15)20-11/h1-3H,(H2,16,17,18,19). The van der Waals surface area contributed by atoms with Crippen LogP contribution >= 0.6 is 46.1 Å². The first-order valence-corrected chi connectivity index (χ1v) is 7.04. The Hall–Kier alpha value is -1.52. The molecule has 5 nitrogen and oxygen atoms in total. The number of amides is 2. The van der Waals surface area contributed by atoms with E-state index in [1.165, 1.54) is 6.07 Å². The molecule has 0 aliphatic rings. The summed E-state index contributed by atoms with van der Waals surface area (Å²) in [5.74, 6) is 0. The maximum absolute atomic E-state index is 11.7. The molecule has 20 heavy (non-hydrogen) atoms. The summed E-state index contributed by atoms with van der Waals surface area (Å²) < 4.78 is 0. The third-order valence-electron chi connectivity index (χ3n) is 2.09. The Labute approximate surface area is 133 Å². The topological polar surface area (TPSA) is 77.8 Å². The molecule has 1 heterocycles. The molecule has 9 heteroatoms. The van der Waals surface area contributed by atoms with Crippen LogP contribution in [0.2, 0.25) is 15.2 Å². The van der Waals surface area contributed by atoms with Crippen molar-refractivity contribution in [2.45, 2.75) is 0 Å². The molecule has 2 amide bonds. The summed E-state index contributed by atoms with van der Waals surface area (Å²) in [7, 11) is 0. The van der Waals surface area contributed by atoms with E-state index < -0.39 is 6.03 Å². The summed E-state index contributed by atoms with van der Waals surface area (Å²) in [5, 5.41) is 14.8. The Kier molecular flexibility index (Phi) is 4.68. The number of carbonyl (C=O) groups excluding carboxylic acids is 1. The van der Waals surface area contributed by atoms with Crippen molar-refractivity contribution in [2.24, 2.45) is 0 Å². The maximum Gasteiger partial charge on any atom is 0.325 e. The van der Waals surface area contributed by atoms with Gasteiger partial charge in [0.25, 0.3) is 0 Å². The lowest BCUT2D eigenvalue weighted by Crippen LogP contribution is -2.19. The van der Waals surface area contributed by atoms with Crippen molar-refractivity contribution in [2.75, 3.05) is 10.6 Å². The monoisotopic (exact) mass is 346 g/mol. The number of nitrogens with one attached hydrogen (secondary N) is 2. The molecule has 0 aliphatic carbocycles. The van der Waals surface area contributed by atoms with Crippen LogP contribution in [0.4, 0.5) is 15.6 Å². The van der Waals surface area contributed by atoms with E-state index in [0.717, 1.165) is 11.3 Å². The van der Waals surface area contributed by atoms with Crippen LogP contribution in [0.1, 0.15) is 4.88 Å². The van der Waals surface area contributed by atoms with Crippen molar-refractivity contribution in [1.29, 1.82) is 5.26 Å². The van der Waals surface area contributed by atoms with E-state index in [2.05, 4.69) is 15.6 Å². The highest BCUT2D eigenvalue weighted by Gasteiger charge is 2.11. The number of hydrogen-bond acceptors (Lipinski definition) is 4. The average molecular weight is 348 g/mol. The van der Waals surface area contributed by atoms with Gasteiger partial charge in [-0.05, 0) is 18.2 Å². The summed E-state index contributed by atoms with van der Waals surface area (Å²) >= 11 is 18.3. The van der Waals surface area contributed by atoms with E-state index >= 15 is 0 Å². The molecule has 0 saturated heterocycles. The fourth-order valence-corrected chi connectivity index (χ4v) is 2.50. The first-order chi connectivity index (χ1) is 9.49. The Morgan fingerprint density at radius 1 is 1.25 bits per heavy atom. The first kappa shape index (κ1) is 14.9. The molecular formula is C11H5Cl3N4OS. The molecule has 0 spiro atoms. The molecule has 2 rings (SSSR count). The van der Waals surface area contributed by atoms with Gasteiger partial charge in [-0.2, -0.15) is 5.26 Å². The molecule has 0 fully saturated rings. The van der Waals surface area contributed by atoms with Crippen molar-refractivity contribution in [3.63, 3.8) is 0 Å². The van der Waals surface area contributed by atoms with Gasteiger partial charge < -0.3 is 5.32 Å². The maximum atomic E-state index is 11.7. The molecule has 0 aliphatic heterocycles. The lowest BCUT2D eigenvalue weighted by molar-refractivity contribution is 0.262. The Morgan fingerprint density at radius 2 is 2.00 bits per heavy atom. The van der Waals surface area contributed by atoms with Gasteiger partial charge in [-0.15, -0.1) is 0 Å². The van der Waals surface area contributed by atoms with Crippen LogP contribution in [0.5, 0.6) is 0 Å². The van der Waals surface area contributed by atoms with E-state index in [1.54, 1.807) is 12.1 Å². The highest BCUT2D eigenvalue weighted by molar-refractivity contribution is 7.16. The van der Waals surface area contributed by atoms with Gasteiger partial charge in [0.05, 0.1) is 10.0 Å². The first-order valence-electron chi connectivity index (χ1n) is 5.09. The molecule has 0 atom stereocenters. The van der Waals surface area contributed by atoms with E-state index in [0.29, 0.717) is 15.7 Å². The minimum atomic E-state index is -0.529. The number of carbonyl (C=O) groups is 1. The molecule has 0 saturated carbocycles. The van der Waals surface area contributed by atoms with Gasteiger partial charge in [-0.25, -0.2) is 9.78 Å². The van der Waals surface area contributed by atoms with E-state index in [1.807, 2.05) is 6.07 Å². The van der Waals surface area contributed by atoms with Gasteiger partial charge in [-0.1, -0.05) is 46.1 Å². The second kappa shape index (κ2) is 6.29. The number of urea groups is 1. The van der Waals surface area contributed by atoms with Gasteiger partial charge in [0.1, 0.15) is 10.9 Å². The van der Waals surface area contributed by atoms with Crippen molar-refractivity contribution in [1.82, 2.24) is 4.98 Å². The Balaban J connectivity index is 2.05. The van der Waals surface area contributed by atoms with Crippen molar-refractivity contribution >= 4 is 63.0 Å². The molecule has 0 unspecified atom stereocenters. The zero-order valence-electron chi connectivity index (χ0n) is 9.58. The molecule has 1 aromatic carbocycles. The van der Waals surface area contributed by atoms with E-state index in [9.17, 15) is 4.79 Å². The Morgan fingerprint density at radius 3 is 2.60 bits per heavy atom. The fraction of sp³-hybridized carbons (Fsp3) is 0. The number of halogens is 3. The minimum Gasteiger partial charge on any atom is -0.308 e. The van der Waals surface area contributed by atoms with Crippen molar-refractivity contribution in [3.05, 3.63) is 38.3 Å². The van der Waals surface area contributed by atoms with Crippen LogP contribution in [0.15, 0.2) is 18.2 Å². The third-order valence-corrected chi connectivity index (χ3v) is 4.09. The Bertz CT molecular complexity index is 710. The normalized spacial score (nSPS) is 9.90. The molecule has 0 bridgehead atoms. The summed E-state index contributed by atoms with van der Waals surface area (Å²) in [6.07, 6.45) is 0. The number of nitrogens with zero attached hydrogens (tertiary/aromatic N) is 2. The fourth-order valence-electron chi connectivity index (χ4n) is 1.26. The highest BCUT2D eigenvalue weighted by atomic mass is 35.5. The zero-order valence-corrected chi connectivity index (χ0v) is 12.7. The summed E-state index contributed by atoms with van der Waals surface area (Å²) in [6.45, 7) is 0. The molecule has 1 aromatic heterocycles. The summed E-state index contributed by atoms with van der Waals surface area (Å²) in [4.78, 5) is 15.8. The number of anilines is 2. The number of aromatic nitrogens is 1. The van der Waals surface area contributed by atoms with Crippen LogP contribution in [0.25, 0.3) is 0 Å². The largest absolute Gasteiger partial charge is 0.325 e. The van der Waals surface area contributed by atoms with Gasteiger partial charge in [0.2, 0.25) is 0 Å². The van der Waals surface area contributed by atoms with Crippen LogP contribution in [-0.4, -0.2) is 11.0 Å². The van der Waals surface area contributed by atoms with E-state index in [-0.39, 0.29) is 15.2 Å². The number of nitriles is 1. The highest BCUT2D eigenvalue weighted by Crippen LogP contribution is 2.27. The molecule has 2 aromatic rings. The van der Waals surface area contributed by atoms with Gasteiger partial charge in [-0.3, -0.25) is 5.32 Å². The number of hydrogen-bond donors (Lipinski definition) is 2. The molecule has 2 N–H and O–H groups in total. The summed E-state index contributed by atoms with van der Waals surface area (Å²) in [5.41, 5.74) is 0.472. The van der Waals surface area contributed by atoms with Crippen LogP contribution in [0.3, 0.4) is 0 Å². The molecule has 102 valence electrons. The van der Waals surface area contributed by atoms with Crippen LogP contribution in [0, 0.1) is 11.3 Å². The van der Waals surface area contributed by atoms with Crippen LogP contribution in [-0.2, 0) is 0 Å². The van der Waals surface area contributed by atoms with Crippen LogP contribution < -0.4 is 10.6 Å². The van der Waals surface area contributed by atoms with Crippen molar-refractivity contribution in [3.8, 4) is 6.07 Å². The number of benzene rings is 1. The third kappa shape index (κ3) is 3.52. The number of rotatable bonds is 2. The lowest BCUT2D eigenvalue weighted by Gasteiger charge is -2.06. The van der Waals surface area contributed by atoms with Gasteiger partial charge >= 0.3 is 6.03 Å². The predicted octanol–water partition coefficient (Wildman–Crippen LogP) is 4.62. The van der Waals surface area contributed by atoms with E-state index in [4.69, 9.17) is 40.1 Å². The zero-order chi connectivity index (χ0) is 14.7.